The van der Waals surface area contributed by atoms with E-state index in [0.717, 1.165) is 24.5 Å². The normalized spacial score (nSPS) is 21.4. The van der Waals surface area contributed by atoms with Crippen LogP contribution in [0.3, 0.4) is 0 Å². The van der Waals surface area contributed by atoms with Crippen LogP contribution in [0.4, 0.5) is 0 Å². The molecule has 0 bridgehead atoms. The van der Waals surface area contributed by atoms with Crippen molar-refractivity contribution in [3.63, 3.8) is 0 Å². The average Bonchev–Trinajstić information content (AvgIpc) is 2.80. The number of aliphatic carboxylic acids is 1. The molecule has 1 aliphatic rings. The molecule has 5 heteroatoms. The first-order valence-corrected chi connectivity index (χ1v) is 6.67. The standard InChI is InChI=1S/C12H17NO3S/c1-12(2,11(14)15)9-7-17-10(13-9)8-4-3-5-16-6-8/h7-8H,3-6H2,1-2H3,(H,14,15). The van der Waals surface area contributed by atoms with Crippen LogP contribution in [-0.4, -0.2) is 29.3 Å². The fourth-order valence-electron chi connectivity index (χ4n) is 1.81. The maximum Gasteiger partial charge on any atom is 0.315 e. The van der Waals surface area contributed by atoms with E-state index in [1.165, 1.54) is 0 Å². The van der Waals surface area contributed by atoms with Crippen molar-refractivity contribution in [1.82, 2.24) is 4.98 Å². The van der Waals surface area contributed by atoms with E-state index in [9.17, 15) is 4.79 Å². The second kappa shape index (κ2) is 4.74. The van der Waals surface area contributed by atoms with Crippen LogP contribution in [0.25, 0.3) is 0 Å². The summed E-state index contributed by atoms with van der Waals surface area (Å²) in [5.41, 5.74) is -0.264. The largest absolute Gasteiger partial charge is 0.481 e. The summed E-state index contributed by atoms with van der Waals surface area (Å²) in [7, 11) is 0. The molecule has 0 saturated carbocycles. The number of rotatable bonds is 3. The molecular formula is C12H17NO3S. The third-order valence-corrected chi connectivity index (χ3v) is 4.21. The molecule has 0 aromatic carbocycles. The lowest BCUT2D eigenvalue weighted by Crippen LogP contribution is -2.29. The van der Waals surface area contributed by atoms with E-state index in [0.29, 0.717) is 18.2 Å². The van der Waals surface area contributed by atoms with Crippen LogP contribution in [0.5, 0.6) is 0 Å². The van der Waals surface area contributed by atoms with Gasteiger partial charge in [-0.15, -0.1) is 11.3 Å². The smallest absolute Gasteiger partial charge is 0.315 e. The van der Waals surface area contributed by atoms with Crippen molar-refractivity contribution in [2.24, 2.45) is 0 Å². The van der Waals surface area contributed by atoms with E-state index in [4.69, 9.17) is 9.84 Å². The highest BCUT2D eigenvalue weighted by Gasteiger charge is 2.33. The molecule has 2 heterocycles. The number of carboxylic acids is 1. The number of aromatic nitrogens is 1. The minimum absolute atomic E-state index is 0.340. The highest BCUT2D eigenvalue weighted by atomic mass is 32.1. The fourth-order valence-corrected chi connectivity index (χ4v) is 2.92. The molecule has 0 radical (unpaired) electrons. The predicted octanol–water partition coefficient (Wildman–Crippen LogP) is 2.40. The molecule has 1 saturated heterocycles. The van der Waals surface area contributed by atoms with Gasteiger partial charge in [-0.1, -0.05) is 0 Å². The monoisotopic (exact) mass is 255 g/mol. The van der Waals surface area contributed by atoms with E-state index in [1.54, 1.807) is 25.2 Å². The summed E-state index contributed by atoms with van der Waals surface area (Å²) < 4.78 is 5.43. The molecule has 1 N–H and O–H groups in total. The second-order valence-corrected chi connectivity index (χ2v) is 5.80. The van der Waals surface area contributed by atoms with Crippen molar-refractivity contribution in [2.75, 3.05) is 13.2 Å². The Morgan fingerprint density at radius 3 is 3.00 bits per heavy atom. The van der Waals surface area contributed by atoms with Crippen LogP contribution in [0.1, 0.15) is 43.3 Å². The van der Waals surface area contributed by atoms with Gasteiger partial charge in [0.2, 0.25) is 0 Å². The van der Waals surface area contributed by atoms with Gasteiger partial charge in [-0.3, -0.25) is 4.79 Å². The minimum Gasteiger partial charge on any atom is -0.481 e. The molecule has 17 heavy (non-hydrogen) atoms. The van der Waals surface area contributed by atoms with Crippen LogP contribution in [0.2, 0.25) is 0 Å². The Morgan fingerprint density at radius 2 is 2.41 bits per heavy atom. The Balaban J connectivity index is 2.17. The zero-order valence-corrected chi connectivity index (χ0v) is 10.9. The van der Waals surface area contributed by atoms with E-state index < -0.39 is 11.4 Å². The van der Waals surface area contributed by atoms with Gasteiger partial charge in [0, 0.05) is 17.9 Å². The average molecular weight is 255 g/mol. The molecule has 0 amide bonds. The predicted molar refractivity (Wildman–Crippen MR) is 65.6 cm³/mol. The van der Waals surface area contributed by atoms with Crippen LogP contribution in [-0.2, 0) is 14.9 Å². The first kappa shape index (κ1) is 12.5. The van der Waals surface area contributed by atoms with Gasteiger partial charge in [0.15, 0.2) is 0 Å². The van der Waals surface area contributed by atoms with Crippen molar-refractivity contribution in [3.05, 3.63) is 16.1 Å². The molecule has 2 rings (SSSR count). The molecule has 1 fully saturated rings. The lowest BCUT2D eigenvalue weighted by Gasteiger charge is -2.20. The quantitative estimate of drug-likeness (QED) is 0.901. The van der Waals surface area contributed by atoms with Gasteiger partial charge in [0.25, 0.3) is 0 Å². The molecule has 1 aromatic rings. The molecule has 0 spiro atoms. The second-order valence-electron chi connectivity index (χ2n) is 4.92. The molecular weight excluding hydrogens is 238 g/mol. The van der Waals surface area contributed by atoms with Crippen LogP contribution >= 0.6 is 11.3 Å². The van der Waals surface area contributed by atoms with Crippen LogP contribution in [0, 0.1) is 0 Å². The van der Waals surface area contributed by atoms with E-state index >= 15 is 0 Å². The molecule has 4 nitrogen and oxygen atoms in total. The Hall–Kier alpha value is -0.940. The van der Waals surface area contributed by atoms with Gasteiger partial charge >= 0.3 is 5.97 Å². The summed E-state index contributed by atoms with van der Waals surface area (Å²) in [6.07, 6.45) is 2.14. The highest BCUT2D eigenvalue weighted by molar-refractivity contribution is 7.09. The number of nitrogens with zero attached hydrogens (tertiary/aromatic N) is 1. The minimum atomic E-state index is -0.912. The zero-order chi connectivity index (χ0) is 12.5. The molecule has 1 unspecified atom stereocenters. The van der Waals surface area contributed by atoms with Gasteiger partial charge in [-0.2, -0.15) is 0 Å². The van der Waals surface area contributed by atoms with E-state index in [-0.39, 0.29) is 0 Å². The summed E-state index contributed by atoms with van der Waals surface area (Å²) in [5.74, 6) is -0.499. The number of carbonyl (C=O) groups is 1. The van der Waals surface area contributed by atoms with E-state index in [1.807, 2.05) is 5.38 Å². The Morgan fingerprint density at radius 1 is 1.65 bits per heavy atom. The van der Waals surface area contributed by atoms with Crippen LogP contribution < -0.4 is 0 Å². The molecule has 1 aliphatic heterocycles. The number of carboxylic acid groups (broad SMARTS) is 1. The molecule has 1 aromatic heterocycles. The maximum absolute atomic E-state index is 11.1. The summed E-state index contributed by atoms with van der Waals surface area (Å²) in [4.78, 5) is 15.6. The summed E-state index contributed by atoms with van der Waals surface area (Å²) >= 11 is 1.55. The number of ether oxygens (including phenoxy) is 1. The van der Waals surface area contributed by atoms with E-state index in [2.05, 4.69) is 4.98 Å². The van der Waals surface area contributed by atoms with Gasteiger partial charge in [0.1, 0.15) is 5.41 Å². The van der Waals surface area contributed by atoms with Gasteiger partial charge in [0.05, 0.1) is 17.3 Å². The summed E-state index contributed by atoms with van der Waals surface area (Å²) in [6.45, 7) is 4.91. The van der Waals surface area contributed by atoms with Crippen molar-refractivity contribution in [3.8, 4) is 0 Å². The maximum atomic E-state index is 11.1. The lowest BCUT2D eigenvalue weighted by atomic mass is 9.90. The molecule has 94 valence electrons. The Bertz CT molecular complexity index is 408. The van der Waals surface area contributed by atoms with Gasteiger partial charge < -0.3 is 9.84 Å². The topological polar surface area (TPSA) is 59.4 Å². The molecule has 1 atom stereocenters. The summed E-state index contributed by atoms with van der Waals surface area (Å²) in [6, 6.07) is 0. The number of hydrogen-bond donors (Lipinski definition) is 1. The third-order valence-electron chi connectivity index (χ3n) is 3.21. The lowest BCUT2D eigenvalue weighted by molar-refractivity contribution is -0.142. The zero-order valence-electron chi connectivity index (χ0n) is 10.1. The third kappa shape index (κ3) is 2.50. The van der Waals surface area contributed by atoms with Crippen molar-refractivity contribution < 1.29 is 14.6 Å². The fraction of sp³-hybridized carbons (Fsp3) is 0.667. The first-order valence-electron chi connectivity index (χ1n) is 5.79. The highest BCUT2D eigenvalue weighted by Crippen LogP contribution is 2.31. The Labute approximate surface area is 105 Å². The van der Waals surface area contributed by atoms with Crippen molar-refractivity contribution in [2.45, 2.75) is 38.0 Å². The van der Waals surface area contributed by atoms with Gasteiger partial charge in [-0.05, 0) is 26.7 Å². The van der Waals surface area contributed by atoms with Crippen molar-refractivity contribution in [1.29, 1.82) is 0 Å². The summed E-state index contributed by atoms with van der Waals surface area (Å²) in [5, 5.41) is 12.0. The SMILES string of the molecule is CC(C)(C(=O)O)c1csc(C2CCCOC2)n1. The van der Waals surface area contributed by atoms with Gasteiger partial charge in [-0.25, -0.2) is 4.98 Å². The molecule has 0 aliphatic carbocycles. The van der Waals surface area contributed by atoms with Crippen LogP contribution in [0.15, 0.2) is 5.38 Å². The Kier molecular flexibility index (Phi) is 3.49. The number of thiazole rings is 1. The first-order chi connectivity index (χ1) is 8.01. The van der Waals surface area contributed by atoms with Crippen molar-refractivity contribution >= 4 is 17.3 Å². The number of hydrogen-bond acceptors (Lipinski definition) is 4.